The Kier molecular flexibility index (Phi) is 6.94. The Balaban J connectivity index is 2.03. The first-order chi connectivity index (χ1) is 13.4. The highest BCUT2D eigenvalue weighted by Gasteiger charge is 2.44. The second-order valence-corrected chi connectivity index (χ2v) is 10.0. The van der Waals surface area contributed by atoms with E-state index in [1.165, 1.54) is 6.07 Å². The standard InChI is InChI=1S/C18H18F4N2O3S2/c1-17(2,16(25)23-9-10-28-14-6-4-3-5-13(14)19)29(26,27)15-8-7-12(11-24-15)18(20,21)22/h3-8,11H,9-10H2,1-2H3,(H,23,25). The monoisotopic (exact) mass is 450 g/mol. The Labute approximate surface area is 169 Å². The van der Waals surface area contributed by atoms with E-state index < -0.39 is 43.1 Å². The van der Waals surface area contributed by atoms with Crippen LogP contribution in [0.15, 0.2) is 52.5 Å². The number of rotatable bonds is 7. The summed E-state index contributed by atoms with van der Waals surface area (Å²) in [4.78, 5) is 16.2. The van der Waals surface area contributed by atoms with Crippen molar-refractivity contribution in [3.8, 4) is 0 Å². The maximum Gasteiger partial charge on any atom is 0.417 e. The summed E-state index contributed by atoms with van der Waals surface area (Å²) in [5, 5.41) is 1.82. The smallest absolute Gasteiger partial charge is 0.354 e. The van der Waals surface area contributed by atoms with Gasteiger partial charge in [-0.2, -0.15) is 13.2 Å². The number of carbonyl (C=O) groups excluding carboxylic acids is 1. The lowest BCUT2D eigenvalue weighted by Gasteiger charge is -2.23. The maximum atomic E-state index is 13.5. The molecule has 0 aliphatic rings. The van der Waals surface area contributed by atoms with E-state index >= 15 is 0 Å². The SMILES string of the molecule is CC(C)(C(=O)NCCSc1ccccc1F)S(=O)(=O)c1ccc(C(F)(F)F)cn1. The number of aromatic nitrogens is 1. The Morgan fingerprint density at radius 2 is 1.79 bits per heavy atom. The topological polar surface area (TPSA) is 76.1 Å². The van der Waals surface area contributed by atoms with Crippen LogP contribution in [0.2, 0.25) is 0 Å². The van der Waals surface area contributed by atoms with Gasteiger partial charge < -0.3 is 5.32 Å². The Hall–Kier alpha value is -2.14. The average molecular weight is 450 g/mol. The number of amides is 1. The minimum Gasteiger partial charge on any atom is -0.354 e. The number of hydrogen-bond donors (Lipinski definition) is 1. The van der Waals surface area contributed by atoms with Crippen LogP contribution in [-0.4, -0.2) is 36.4 Å². The van der Waals surface area contributed by atoms with Crippen LogP contribution in [0.5, 0.6) is 0 Å². The summed E-state index contributed by atoms with van der Waals surface area (Å²) in [6.07, 6.45) is -4.25. The molecule has 0 atom stereocenters. The van der Waals surface area contributed by atoms with Gasteiger partial charge in [0.1, 0.15) is 5.82 Å². The van der Waals surface area contributed by atoms with Gasteiger partial charge in [0.2, 0.25) is 15.7 Å². The lowest BCUT2D eigenvalue weighted by molar-refractivity contribution is -0.137. The van der Waals surface area contributed by atoms with Crippen LogP contribution in [0.1, 0.15) is 19.4 Å². The van der Waals surface area contributed by atoms with E-state index in [1.54, 1.807) is 18.2 Å². The molecule has 2 aromatic rings. The first-order valence-corrected chi connectivity index (χ1v) is 10.8. The summed E-state index contributed by atoms with van der Waals surface area (Å²) in [5.74, 6) is -0.949. The van der Waals surface area contributed by atoms with Gasteiger partial charge in [-0.05, 0) is 38.1 Å². The van der Waals surface area contributed by atoms with E-state index in [4.69, 9.17) is 0 Å². The lowest BCUT2D eigenvalue weighted by Crippen LogP contribution is -2.48. The van der Waals surface area contributed by atoms with Crippen LogP contribution in [-0.2, 0) is 20.8 Å². The molecule has 158 valence electrons. The molecule has 29 heavy (non-hydrogen) atoms. The molecule has 0 spiro atoms. The Morgan fingerprint density at radius 1 is 1.14 bits per heavy atom. The molecular formula is C18H18F4N2O3S2. The van der Waals surface area contributed by atoms with Gasteiger partial charge in [-0.15, -0.1) is 11.8 Å². The molecule has 0 fully saturated rings. The zero-order valence-electron chi connectivity index (χ0n) is 15.5. The molecule has 0 saturated carbocycles. The second kappa shape index (κ2) is 8.70. The molecule has 0 radical (unpaired) electrons. The number of alkyl halides is 3. The van der Waals surface area contributed by atoms with E-state index in [9.17, 15) is 30.8 Å². The molecule has 5 nitrogen and oxygen atoms in total. The highest BCUT2D eigenvalue weighted by Crippen LogP contribution is 2.30. The number of carbonyl (C=O) groups is 1. The fraction of sp³-hybridized carbons (Fsp3) is 0.333. The van der Waals surface area contributed by atoms with Gasteiger partial charge in [0.25, 0.3) is 0 Å². The van der Waals surface area contributed by atoms with Crippen molar-refractivity contribution in [2.45, 2.75) is 34.7 Å². The van der Waals surface area contributed by atoms with Crippen LogP contribution in [0.4, 0.5) is 17.6 Å². The zero-order valence-corrected chi connectivity index (χ0v) is 17.1. The summed E-state index contributed by atoms with van der Waals surface area (Å²) in [5.41, 5.74) is -1.09. The number of thioether (sulfide) groups is 1. The Morgan fingerprint density at radius 3 is 2.34 bits per heavy atom. The summed E-state index contributed by atoms with van der Waals surface area (Å²) in [7, 11) is -4.35. The van der Waals surface area contributed by atoms with E-state index in [2.05, 4.69) is 10.3 Å². The van der Waals surface area contributed by atoms with E-state index in [-0.39, 0.29) is 6.54 Å². The molecule has 2 rings (SSSR count). The van der Waals surface area contributed by atoms with Gasteiger partial charge in [0.05, 0.1) is 5.56 Å². The van der Waals surface area contributed by atoms with Crippen LogP contribution in [0.3, 0.4) is 0 Å². The highest BCUT2D eigenvalue weighted by molar-refractivity contribution is 7.99. The van der Waals surface area contributed by atoms with E-state index in [0.717, 1.165) is 31.7 Å². The van der Waals surface area contributed by atoms with Gasteiger partial charge in [0.15, 0.2) is 9.77 Å². The van der Waals surface area contributed by atoms with Crippen molar-refractivity contribution in [1.29, 1.82) is 0 Å². The minimum absolute atomic E-state index is 0.0667. The van der Waals surface area contributed by atoms with Gasteiger partial charge in [-0.3, -0.25) is 4.79 Å². The lowest BCUT2D eigenvalue weighted by atomic mass is 10.2. The number of hydrogen-bond acceptors (Lipinski definition) is 5. The second-order valence-electron chi connectivity index (χ2n) is 6.43. The molecule has 0 aliphatic carbocycles. The largest absolute Gasteiger partial charge is 0.417 e. The van der Waals surface area contributed by atoms with Gasteiger partial charge in [0, 0.05) is 23.4 Å². The molecule has 1 amide bonds. The third kappa shape index (κ3) is 5.27. The first-order valence-electron chi connectivity index (χ1n) is 8.31. The predicted molar refractivity (Wildman–Crippen MR) is 101 cm³/mol. The molecule has 0 saturated heterocycles. The maximum absolute atomic E-state index is 13.5. The number of pyridine rings is 1. The van der Waals surface area contributed by atoms with Crippen LogP contribution in [0, 0.1) is 5.82 Å². The molecule has 1 aromatic carbocycles. The Bertz CT molecular complexity index is 975. The number of nitrogens with zero attached hydrogens (tertiary/aromatic N) is 1. The summed E-state index contributed by atoms with van der Waals surface area (Å²) >= 11 is 1.15. The minimum atomic E-state index is -4.65. The molecule has 11 heteroatoms. The summed E-state index contributed by atoms with van der Waals surface area (Å²) < 4.78 is 74.8. The number of nitrogens with one attached hydrogen (secondary N) is 1. The van der Waals surface area contributed by atoms with E-state index in [1.807, 2.05) is 0 Å². The van der Waals surface area contributed by atoms with Crippen molar-refractivity contribution in [2.75, 3.05) is 12.3 Å². The van der Waals surface area contributed by atoms with Crippen LogP contribution < -0.4 is 5.32 Å². The van der Waals surface area contributed by atoms with Gasteiger partial charge in [-0.25, -0.2) is 17.8 Å². The molecular weight excluding hydrogens is 432 g/mol. The zero-order chi connectivity index (χ0) is 21.9. The summed E-state index contributed by atoms with van der Waals surface area (Å²) in [6, 6.07) is 7.40. The number of sulfone groups is 1. The van der Waals surface area contributed by atoms with Crippen molar-refractivity contribution in [3.05, 3.63) is 54.0 Å². The number of benzene rings is 1. The molecule has 1 N–H and O–H groups in total. The highest BCUT2D eigenvalue weighted by atomic mass is 32.2. The third-order valence-corrected chi connectivity index (χ3v) is 7.41. The average Bonchev–Trinajstić information content (AvgIpc) is 2.65. The van der Waals surface area contributed by atoms with Crippen LogP contribution in [0.25, 0.3) is 0 Å². The summed E-state index contributed by atoms with van der Waals surface area (Å²) in [6.45, 7) is 2.35. The van der Waals surface area contributed by atoms with Crippen molar-refractivity contribution in [3.63, 3.8) is 0 Å². The molecule has 0 aliphatic heterocycles. The quantitative estimate of drug-likeness (QED) is 0.396. The van der Waals surface area contributed by atoms with Crippen molar-refractivity contribution in [2.24, 2.45) is 0 Å². The van der Waals surface area contributed by atoms with Crippen molar-refractivity contribution >= 4 is 27.5 Å². The van der Waals surface area contributed by atoms with Crippen LogP contribution >= 0.6 is 11.8 Å². The van der Waals surface area contributed by atoms with Crippen molar-refractivity contribution in [1.82, 2.24) is 10.3 Å². The molecule has 1 heterocycles. The number of halogens is 4. The molecule has 1 aromatic heterocycles. The normalized spacial score (nSPS) is 12.6. The van der Waals surface area contributed by atoms with Gasteiger partial charge in [-0.1, -0.05) is 12.1 Å². The first kappa shape index (κ1) is 23.1. The third-order valence-electron chi connectivity index (χ3n) is 4.04. The predicted octanol–water partition coefficient (Wildman–Crippen LogP) is 3.70. The fourth-order valence-corrected chi connectivity index (χ4v) is 4.27. The van der Waals surface area contributed by atoms with E-state index in [0.29, 0.717) is 22.9 Å². The molecule has 0 unspecified atom stereocenters. The fourth-order valence-electron chi connectivity index (χ4n) is 2.19. The molecule has 0 bridgehead atoms. The van der Waals surface area contributed by atoms with Crippen molar-refractivity contribution < 1.29 is 30.8 Å². The van der Waals surface area contributed by atoms with Gasteiger partial charge >= 0.3 is 6.18 Å².